The fraction of sp³-hybridized carbons (Fsp3) is 0.550. The number of likely N-dealkylation sites (tertiary alicyclic amines) is 1. The van der Waals surface area contributed by atoms with Crippen molar-refractivity contribution in [2.75, 3.05) is 31.5 Å². The number of alkyl halides is 3. The summed E-state index contributed by atoms with van der Waals surface area (Å²) in [7, 11) is 0. The molecule has 0 amide bonds. The first-order valence-electron chi connectivity index (χ1n) is 9.81. The number of pyridine rings is 1. The Bertz CT molecular complexity index is 801. The maximum absolute atomic E-state index is 12.5. The largest absolute Gasteiger partial charge is 0.401 e. The number of rotatable bonds is 5. The number of nitrogens with one attached hydrogen (secondary N) is 1. The molecule has 4 rings (SSSR count). The van der Waals surface area contributed by atoms with Gasteiger partial charge in [-0.3, -0.25) is 9.88 Å². The number of halogens is 3. The van der Waals surface area contributed by atoms with Crippen LogP contribution in [0.2, 0.25) is 0 Å². The molecular weight excluding hydrogens is 367 g/mol. The minimum atomic E-state index is -4.12. The standard InChI is InChI=1S/C20H24F3N5/c21-20(22,23)13-28-10-6-14(7-11-28)12-25-19-16-2-1-3-17(16)26-18(27-19)15-4-8-24-9-5-15/h4-5,8-9,14H,1-3,6-7,10-13H2,(H,25,26,27). The predicted molar refractivity (Wildman–Crippen MR) is 101 cm³/mol. The van der Waals surface area contributed by atoms with Crippen molar-refractivity contribution in [1.29, 1.82) is 0 Å². The number of nitrogens with zero attached hydrogens (tertiary/aromatic N) is 4. The van der Waals surface area contributed by atoms with Crippen LogP contribution in [0.3, 0.4) is 0 Å². The van der Waals surface area contributed by atoms with Gasteiger partial charge in [0.2, 0.25) is 0 Å². The van der Waals surface area contributed by atoms with Crippen molar-refractivity contribution < 1.29 is 13.2 Å². The van der Waals surface area contributed by atoms with Crippen molar-refractivity contribution >= 4 is 5.82 Å². The molecule has 8 heteroatoms. The Hall–Kier alpha value is -2.22. The van der Waals surface area contributed by atoms with E-state index in [1.807, 2.05) is 12.1 Å². The summed E-state index contributed by atoms with van der Waals surface area (Å²) in [4.78, 5) is 15.0. The number of piperidine rings is 1. The molecule has 2 aliphatic rings. The monoisotopic (exact) mass is 391 g/mol. The number of hydrogen-bond acceptors (Lipinski definition) is 5. The van der Waals surface area contributed by atoms with Crippen molar-refractivity contribution in [3.8, 4) is 11.4 Å². The van der Waals surface area contributed by atoms with Crippen LogP contribution in [0.25, 0.3) is 11.4 Å². The lowest BCUT2D eigenvalue weighted by Crippen LogP contribution is -2.41. The molecule has 0 aromatic carbocycles. The van der Waals surface area contributed by atoms with Gasteiger partial charge < -0.3 is 5.32 Å². The molecule has 28 heavy (non-hydrogen) atoms. The first kappa shape index (κ1) is 19.1. The van der Waals surface area contributed by atoms with Gasteiger partial charge in [-0.1, -0.05) is 0 Å². The topological polar surface area (TPSA) is 53.9 Å². The molecule has 0 saturated carbocycles. The second kappa shape index (κ2) is 8.03. The van der Waals surface area contributed by atoms with E-state index >= 15 is 0 Å². The molecule has 0 unspecified atom stereocenters. The van der Waals surface area contributed by atoms with Gasteiger partial charge >= 0.3 is 6.18 Å². The SMILES string of the molecule is FC(F)(F)CN1CCC(CNc2nc(-c3ccncc3)nc3c2CCC3)CC1. The van der Waals surface area contributed by atoms with Crippen LogP contribution in [0.1, 0.15) is 30.5 Å². The van der Waals surface area contributed by atoms with Crippen molar-refractivity contribution in [2.24, 2.45) is 5.92 Å². The molecule has 5 nitrogen and oxygen atoms in total. The summed E-state index contributed by atoms with van der Waals surface area (Å²) < 4.78 is 37.6. The molecule has 3 heterocycles. The first-order chi connectivity index (χ1) is 13.5. The molecule has 0 atom stereocenters. The van der Waals surface area contributed by atoms with E-state index in [1.165, 1.54) is 10.5 Å². The second-order valence-corrected chi connectivity index (χ2v) is 7.63. The summed E-state index contributed by atoms with van der Waals surface area (Å²) in [6, 6.07) is 3.80. The summed E-state index contributed by atoms with van der Waals surface area (Å²) in [5.74, 6) is 1.94. The fourth-order valence-electron chi connectivity index (χ4n) is 4.05. The van der Waals surface area contributed by atoms with Gasteiger partial charge in [-0.25, -0.2) is 9.97 Å². The van der Waals surface area contributed by atoms with Gasteiger partial charge in [-0.15, -0.1) is 0 Å². The lowest BCUT2D eigenvalue weighted by molar-refractivity contribution is -0.148. The van der Waals surface area contributed by atoms with E-state index in [4.69, 9.17) is 9.97 Å². The zero-order chi connectivity index (χ0) is 19.6. The third-order valence-electron chi connectivity index (χ3n) is 5.54. The van der Waals surface area contributed by atoms with E-state index in [2.05, 4.69) is 10.3 Å². The maximum atomic E-state index is 12.5. The van der Waals surface area contributed by atoms with Gasteiger partial charge in [-0.05, 0) is 63.2 Å². The van der Waals surface area contributed by atoms with E-state index in [1.54, 1.807) is 12.4 Å². The van der Waals surface area contributed by atoms with Gasteiger partial charge in [0.05, 0.1) is 6.54 Å². The maximum Gasteiger partial charge on any atom is 0.401 e. The zero-order valence-electron chi connectivity index (χ0n) is 15.7. The third-order valence-corrected chi connectivity index (χ3v) is 5.54. The average molecular weight is 391 g/mol. The summed E-state index contributed by atoms with van der Waals surface area (Å²) in [5, 5.41) is 3.48. The van der Waals surface area contributed by atoms with Gasteiger partial charge in [0.15, 0.2) is 5.82 Å². The molecule has 1 aliphatic carbocycles. The van der Waals surface area contributed by atoms with Crippen LogP contribution < -0.4 is 5.32 Å². The highest BCUT2D eigenvalue weighted by molar-refractivity contribution is 5.60. The summed E-state index contributed by atoms with van der Waals surface area (Å²) in [6.45, 7) is 0.924. The lowest BCUT2D eigenvalue weighted by Gasteiger charge is -2.32. The Balaban J connectivity index is 1.41. The van der Waals surface area contributed by atoms with Crippen molar-refractivity contribution in [3.63, 3.8) is 0 Å². The van der Waals surface area contributed by atoms with E-state index in [0.717, 1.165) is 55.7 Å². The highest BCUT2D eigenvalue weighted by Gasteiger charge is 2.32. The molecule has 150 valence electrons. The minimum absolute atomic E-state index is 0.362. The Morgan fingerprint density at radius 1 is 1.07 bits per heavy atom. The predicted octanol–water partition coefficient (Wildman–Crippen LogP) is 3.71. The zero-order valence-corrected chi connectivity index (χ0v) is 15.7. The van der Waals surface area contributed by atoms with Gasteiger partial charge in [0.25, 0.3) is 0 Å². The van der Waals surface area contributed by atoms with Crippen LogP contribution in [0.15, 0.2) is 24.5 Å². The molecule has 0 spiro atoms. The van der Waals surface area contributed by atoms with Crippen LogP contribution in [0.4, 0.5) is 19.0 Å². The second-order valence-electron chi connectivity index (χ2n) is 7.63. The van der Waals surface area contributed by atoms with E-state index in [-0.39, 0.29) is 0 Å². The summed E-state index contributed by atoms with van der Waals surface area (Å²) >= 11 is 0. The molecule has 1 saturated heterocycles. The fourth-order valence-corrected chi connectivity index (χ4v) is 4.05. The van der Waals surface area contributed by atoms with Crippen LogP contribution >= 0.6 is 0 Å². The molecule has 2 aromatic rings. The molecule has 1 N–H and O–H groups in total. The third kappa shape index (κ3) is 4.60. The van der Waals surface area contributed by atoms with E-state index in [9.17, 15) is 13.2 Å². The van der Waals surface area contributed by atoms with Gasteiger partial charge in [0.1, 0.15) is 5.82 Å². The average Bonchev–Trinajstić information content (AvgIpc) is 3.15. The van der Waals surface area contributed by atoms with Gasteiger partial charge in [-0.2, -0.15) is 13.2 Å². The van der Waals surface area contributed by atoms with Crippen LogP contribution in [0.5, 0.6) is 0 Å². The Morgan fingerprint density at radius 3 is 2.54 bits per heavy atom. The Morgan fingerprint density at radius 2 is 1.82 bits per heavy atom. The molecular formula is C20H24F3N5. The number of hydrogen-bond donors (Lipinski definition) is 1. The van der Waals surface area contributed by atoms with Crippen molar-refractivity contribution in [1.82, 2.24) is 19.9 Å². The number of aryl methyl sites for hydroxylation is 1. The number of fused-ring (bicyclic) bond motifs is 1. The highest BCUT2D eigenvalue weighted by atomic mass is 19.4. The molecule has 0 bridgehead atoms. The quantitative estimate of drug-likeness (QED) is 0.842. The highest BCUT2D eigenvalue weighted by Crippen LogP contribution is 2.30. The van der Waals surface area contributed by atoms with Crippen molar-refractivity contribution in [3.05, 3.63) is 35.8 Å². The molecule has 1 fully saturated rings. The summed E-state index contributed by atoms with van der Waals surface area (Å²) in [6.07, 6.45) is 3.89. The van der Waals surface area contributed by atoms with Crippen LogP contribution in [0, 0.1) is 5.92 Å². The van der Waals surface area contributed by atoms with Crippen molar-refractivity contribution in [2.45, 2.75) is 38.3 Å². The lowest BCUT2D eigenvalue weighted by atomic mass is 9.96. The molecule has 2 aromatic heterocycles. The van der Waals surface area contributed by atoms with E-state index in [0.29, 0.717) is 24.8 Å². The normalized spacial score (nSPS) is 18.2. The molecule has 1 aliphatic heterocycles. The minimum Gasteiger partial charge on any atom is -0.369 e. The Labute approximate surface area is 162 Å². The van der Waals surface area contributed by atoms with Crippen LogP contribution in [-0.2, 0) is 12.8 Å². The Kier molecular flexibility index (Phi) is 5.48. The van der Waals surface area contributed by atoms with Crippen LogP contribution in [-0.4, -0.2) is 52.2 Å². The smallest absolute Gasteiger partial charge is 0.369 e. The van der Waals surface area contributed by atoms with Gasteiger partial charge in [0, 0.05) is 35.8 Å². The number of aromatic nitrogens is 3. The summed E-state index contributed by atoms with van der Waals surface area (Å²) in [5.41, 5.74) is 3.23. The number of anilines is 1. The first-order valence-corrected chi connectivity index (χ1v) is 9.81. The molecule has 0 radical (unpaired) electrons. The van der Waals surface area contributed by atoms with E-state index < -0.39 is 12.7 Å².